The van der Waals surface area contributed by atoms with Crippen molar-refractivity contribution in [3.05, 3.63) is 36.0 Å². The standard InChI is InChI=1S/C19H27N5O/c1-25-17-11-7-6-8-15(17)12-13-20-18-14-21-24-19(23-18)22-16-9-4-2-3-5-10-16/h6-8,11,14,16H,2-5,9-10,12-13H2,1H3,(H2,20,22,23,24). The van der Waals surface area contributed by atoms with Gasteiger partial charge in [0.25, 0.3) is 0 Å². The Bertz CT molecular complexity index is 656. The Balaban J connectivity index is 1.52. The number of nitrogens with one attached hydrogen (secondary N) is 2. The van der Waals surface area contributed by atoms with Crippen LogP contribution in [0, 0.1) is 0 Å². The van der Waals surface area contributed by atoms with Crippen LogP contribution in [-0.2, 0) is 6.42 Å². The van der Waals surface area contributed by atoms with Gasteiger partial charge in [0.05, 0.1) is 13.3 Å². The molecule has 1 aromatic heterocycles. The van der Waals surface area contributed by atoms with Crippen LogP contribution in [0.4, 0.5) is 11.8 Å². The number of rotatable bonds is 7. The van der Waals surface area contributed by atoms with Gasteiger partial charge in [-0.3, -0.25) is 0 Å². The van der Waals surface area contributed by atoms with Gasteiger partial charge in [-0.2, -0.15) is 10.1 Å². The lowest BCUT2D eigenvalue weighted by molar-refractivity contribution is 0.410. The molecule has 1 saturated carbocycles. The molecule has 1 fully saturated rings. The number of methoxy groups -OCH3 is 1. The lowest BCUT2D eigenvalue weighted by atomic mass is 10.1. The summed E-state index contributed by atoms with van der Waals surface area (Å²) in [4.78, 5) is 4.54. The number of benzene rings is 1. The average Bonchev–Trinajstić information content (AvgIpc) is 2.91. The summed E-state index contributed by atoms with van der Waals surface area (Å²) in [5, 5.41) is 15.0. The van der Waals surface area contributed by atoms with Gasteiger partial charge in [0.2, 0.25) is 5.95 Å². The lowest BCUT2D eigenvalue weighted by Gasteiger charge is -2.16. The van der Waals surface area contributed by atoms with Crippen LogP contribution >= 0.6 is 0 Å². The second-order valence-corrected chi connectivity index (χ2v) is 6.49. The molecule has 1 aliphatic carbocycles. The minimum atomic E-state index is 0.466. The van der Waals surface area contributed by atoms with E-state index in [9.17, 15) is 0 Å². The summed E-state index contributed by atoms with van der Waals surface area (Å²) >= 11 is 0. The molecule has 134 valence electrons. The number of nitrogens with zero attached hydrogens (tertiary/aromatic N) is 3. The van der Waals surface area contributed by atoms with Gasteiger partial charge < -0.3 is 15.4 Å². The molecule has 1 heterocycles. The molecule has 0 saturated heterocycles. The molecule has 1 aliphatic rings. The van der Waals surface area contributed by atoms with Crippen molar-refractivity contribution in [3.8, 4) is 5.75 Å². The highest BCUT2D eigenvalue weighted by Crippen LogP contribution is 2.20. The smallest absolute Gasteiger partial charge is 0.244 e. The van der Waals surface area contributed by atoms with Crippen LogP contribution in [0.15, 0.2) is 30.5 Å². The number of hydrogen-bond donors (Lipinski definition) is 2. The molecule has 0 amide bonds. The molecule has 2 aromatic rings. The van der Waals surface area contributed by atoms with Crippen molar-refractivity contribution in [1.82, 2.24) is 15.2 Å². The van der Waals surface area contributed by atoms with E-state index in [0.29, 0.717) is 12.0 Å². The van der Waals surface area contributed by atoms with E-state index in [1.54, 1.807) is 13.3 Å². The molecule has 0 aliphatic heterocycles. The molecular weight excluding hydrogens is 314 g/mol. The molecule has 6 heteroatoms. The fourth-order valence-electron chi connectivity index (χ4n) is 3.29. The highest BCUT2D eigenvalue weighted by Gasteiger charge is 2.13. The fraction of sp³-hybridized carbons (Fsp3) is 0.526. The second kappa shape index (κ2) is 9.20. The summed E-state index contributed by atoms with van der Waals surface area (Å²) in [5.74, 6) is 2.29. The number of hydrogen-bond acceptors (Lipinski definition) is 6. The molecule has 0 spiro atoms. The zero-order valence-corrected chi connectivity index (χ0v) is 14.9. The van der Waals surface area contributed by atoms with Crippen molar-refractivity contribution < 1.29 is 4.74 Å². The Hall–Kier alpha value is -2.37. The number of para-hydroxylation sites is 1. The Labute approximate surface area is 149 Å². The molecule has 0 atom stereocenters. The number of ether oxygens (including phenoxy) is 1. The first-order valence-corrected chi connectivity index (χ1v) is 9.17. The third-order valence-electron chi connectivity index (χ3n) is 4.64. The van der Waals surface area contributed by atoms with Crippen LogP contribution in [-0.4, -0.2) is 34.9 Å². The third-order valence-corrected chi connectivity index (χ3v) is 4.64. The molecule has 6 nitrogen and oxygen atoms in total. The SMILES string of the molecule is COc1ccccc1CCNc1cnnc(NC2CCCCCC2)n1. The predicted octanol–water partition coefficient (Wildman–Crippen LogP) is 3.67. The maximum atomic E-state index is 5.39. The Morgan fingerprint density at radius 3 is 2.72 bits per heavy atom. The summed E-state index contributed by atoms with van der Waals surface area (Å²) < 4.78 is 5.39. The Kier molecular flexibility index (Phi) is 6.42. The summed E-state index contributed by atoms with van der Waals surface area (Å²) in [5.41, 5.74) is 1.18. The van der Waals surface area contributed by atoms with Gasteiger partial charge in [0.15, 0.2) is 5.82 Å². The van der Waals surface area contributed by atoms with Crippen molar-refractivity contribution in [3.63, 3.8) is 0 Å². The van der Waals surface area contributed by atoms with Crippen LogP contribution in [0.25, 0.3) is 0 Å². The van der Waals surface area contributed by atoms with Crippen LogP contribution < -0.4 is 15.4 Å². The molecule has 2 N–H and O–H groups in total. The maximum absolute atomic E-state index is 5.39. The minimum absolute atomic E-state index is 0.466. The van der Waals surface area contributed by atoms with E-state index in [2.05, 4.69) is 31.9 Å². The van der Waals surface area contributed by atoms with Crippen molar-refractivity contribution >= 4 is 11.8 Å². The molecule has 0 radical (unpaired) electrons. The van der Waals surface area contributed by atoms with E-state index < -0.39 is 0 Å². The van der Waals surface area contributed by atoms with E-state index in [4.69, 9.17) is 4.74 Å². The number of anilines is 2. The maximum Gasteiger partial charge on any atom is 0.244 e. The molecule has 1 aromatic carbocycles. The Morgan fingerprint density at radius 1 is 1.12 bits per heavy atom. The Morgan fingerprint density at radius 2 is 1.92 bits per heavy atom. The first-order chi connectivity index (χ1) is 12.3. The highest BCUT2D eigenvalue weighted by atomic mass is 16.5. The molecular formula is C19H27N5O. The first-order valence-electron chi connectivity index (χ1n) is 9.17. The first kappa shape index (κ1) is 17.5. The quantitative estimate of drug-likeness (QED) is 0.749. The van der Waals surface area contributed by atoms with Gasteiger partial charge in [-0.05, 0) is 30.9 Å². The van der Waals surface area contributed by atoms with Crippen LogP contribution in [0.5, 0.6) is 5.75 Å². The van der Waals surface area contributed by atoms with Crippen LogP contribution in [0.2, 0.25) is 0 Å². The van der Waals surface area contributed by atoms with Crippen molar-refractivity contribution in [2.75, 3.05) is 24.3 Å². The molecule has 25 heavy (non-hydrogen) atoms. The van der Waals surface area contributed by atoms with Crippen molar-refractivity contribution in [1.29, 1.82) is 0 Å². The second-order valence-electron chi connectivity index (χ2n) is 6.49. The van der Waals surface area contributed by atoms with Crippen LogP contribution in [0.1, 0.15) is 44.1 Å². The van der Waals surface area contributed by atoms with Gasteiger partial charge in [0, 0.05) is 12.6 Å². The third kappa shape index (κ3) is 5.31. The molecule has 0 bridgehead atoms. The lowest BCUT2D eigenvalue weighted by Crippen LogP contribution is -2.20. The predicted molar refractivity (Wildman–Crippen MR) is 100 cm³/mol. The van der Waals surface area contributed by atoms with E-state index >= 15 is 0 Å². The minimum Gasteiger partial charge on any atom is -0.496 e. The zero-order chi connectivity index (χ0) is 17.3. The summed E-state index contributed by atoms with van der Waals surface area (Å²) in [7, 11) is 1.70. The van der Waals surface area contributed by atoms with E-state index in [1.807, 2.05) is 18.2 Å². The normalized spacial score (nSPS) is 15.4. The van der Waals surface area contributed by atoms with E-state index in [0.717, 1.165) is 24.5 Å². The van der Waals surface area contributed by atoms with E-state index in [1.165, 1.54) is 44.1 Å². The zero-order valence-electron chi connectivity index (χ0n) is 14.9. The summed E-state index contributed by atoms with van der Waals surface area (Å²) in [6.07, 6.45) is 10.1. The number of aromatic nitrogens is 3. The molecule has 0 unspecified atom stereocenters. The summed E-state index contributed by atoms with van der Waals surface area (Å²) in [6.45, 7) is 0.766. The van der Waals surface area contributed by atoms with Gasteiger partial charge in [-0.1, -0.05) is 43.9 Å². The van der Waals surface area contributed by atoms with Gasteiger partial charge in [-0.15, -0.1) is 5.10 Å². The fourth-order valence-corrected chi connectivity index (χ4v) is 3.29. The average molecular weight is 341 g/mol. The van der Waals surface area contributed by atoms with Crippen molar-refractivity contribution in [2.24, 2.45) is 0 Å². The molecule has 3 rings (SSSR count). The van der Waals surface area contributed by atoms with Gasteiger partial charge >= 0.3 is 0 Å². The largest absolute Gasteiger partial charge is 0.496 e. The summed E-state index contributed by atoms with van der Waals surface area (Å²) in [6, 6.07) is 8.54. The van der Waals surface area contributed by atoms with Crippen molar-refractivity contribution in [2.45, 2.75) is 51.0 Å². The monoisotopic (exact) mass is 341 g/mol. The van der Waals surface area contributed by atoms with E-state index in [-0.39, 0.29) is 0 Å². The van der Waals surface area contributed by atoms with Gasteiger partial charge in [0.1, 0.15) is 5.75 Å². The topological polar surface area (TPSA) is 72.0 Å². The van der Waals surface area contributed by atoms with Crippen LogP contribution in [0.3, 0.4) is 0 Å². The van der Waals surface area contributed by atoms with Gasteiger partial charge in [-0.25, -0.2) is 0 Å². The highest BCUT2D eigenvalue weighted by molar-refractivity contribution is 5.39.